The third-order valence-electron chi connectivity index (χ3n) is 8.67. The van der Waals surface area contributed by atoms with E-state index < -0.39 is 0 Å². The first-order valence-electron chi connectivity index (χ1n) is 17.2. The molecule has 7 nitrogen and oxygen atoms in total. The topological polar surface area (TPSA) is 74.9 Å². The zero-order chi connectivity index (χ0) is 35.2. The maximum absolute atomic E-state index is 14.1. The van der Waals surface area contributed by atoms with Gasteiger partial charge < -0.3 is 14.2 Å². The lowest BCUT2D eigenvalue weighted by Gasteiger charge is -2.18. The van der Waals surface area contributed by atoms with E-state index in [-0.39, 0.29) is 11.5 Å². The molecule has 1 aromatic heterocycles. The van der Waals surface area contributed by atoms with Crippen molar-refractivity contribution in [3.8, 4) is 28.6 Å². The Morgan fingerprint density at radius 2 is 1.56 bits per heavy atom. The molecule has 0 atom stereocenters. The van der Waals surface area contributed by atoms with Crippen molar-refractivity contribution in [3.63, 3.8) is 0 Å². The lowest BCUT2D eigenvalue weighted by atomic mass is 9.96. The molecule has 254 valence electrons. The van der Waals surface area contributed by atoms with Gasteiger partial charge in [-0.15, -0.1) is 6.58 Å². The van der Waals surface area contributed by atoms with Gasteiger partial charge in [0.1, 0.15) is 12.4 Å². The number of para-hydroxylation sites is 1. The molecule has 0 radical (unpaired) electrons. The van der Waals surface area contributed by atoms with Crippen LogP contribution in [-0.4, -0.2) is 29.1 Å². The minimum atomic E-state index is -0.257. The summed E-state index contributed by atoms with van der Waals surface area (Å²) in [7, 11) is 0. The standard InChI is InChI=1S/C43H43N3O4/c1-7-15-32-23-30(24-40(49-9-3)41(32)50-27-33-18-14-17-31-16-10-11-19-34(31)33)26-44-46-42(45-38-21-13-12-20-35(38)43(46)47)37-25-36(28(4)5)39(48-8-2)22-29(37)6/h7,10-14,16-26,28H,1,8-9,15,27H2,2-6H3. The number of aryl methyl sites for hydroxylation is 1. The molecule has 0 fully saturated rings. The highest BCUT2D eigenvalue weighted by Gasteiger charge is 2.19. The van der Waals surface area contributed by atoms with Crippen LogP contribution in [0.1, 0.15) is 61.4 Å². The highest BCUT2D eigenvalue weighted by molar-refractivity contribution is 5.86. The summed E-state index contributed by atoms with van der Waals surface area (Å²) in [5.74, 6) is 2.75. The third kappa shape index (κ3) is 7.03. The Kier molecular flexibility index (Phi) is 10.4. The summed E-state index contributed by atoms with van der Waals surface area (Å²) in [4.78, 5) is 19.1. The first kappa shape index (κ1) is 34.2. The molecule has 0 aliphatic heterocycles. The number of hydrogen-bond acceptors (Lipinski definition) is 6. The maximum Gasteiger partial charge on any atom is 0.282 e. The van der Waals surface area contributed by atoms with E-state index in [0.717, 1.165) is 49.9 Å². The predicted molar refractivity (Wildman–Crippen MR) is 204 cm³/mol. The molecule has 5 aromatic carbocycles. The van der Waals surface area contributed by atoms with Gasteiger partial charge in [-0.3, -0.25) is 4.79 Å². The van der Waals surface area contributed by atoms with Crippen LogP contribution in [0.5, 0.6) is 17.2 Å². The van der Waals surface area contributed by atoms with Crippen molar-refractivity contribution >= 4 is 27.9 Å². The Hall–Kier alpha value is -5.69. The lowest BCUT2D eigenvalue weighted by Crippen LogP contribution is -2.21. The maximum atomic E-state index is 14.1. The number of ether oxygens (including phenoxy) is 3. The van der Waals surface area contributed by atoms with Crippen LogP contribution in [0.2, 0.25) is 0 Å². The van der Waals surface area contributed by atoms with Crippen molar-refractivity contribution in [1.29, 1.82) is 0 Å². The summed E-state index contributed by atoms with van der Waals surface area (Å²) < 4.78 is 20.0. The average molecular weight is 666 g/mol. The van der Waals surface area contributed by atoms with Crippen LogP contribution >= 0.6 is 0 Å². The van der Waals surface area contributed by atoms with Gasteiger partial charge in [-0.2, -0.15) is 9.78 Å². The number of benzene rings is 5. The molecule has 0 N–H and O–H groups in total. The van der Waals surface area contributed by atoms with Gasteiger partial charge in [0.25, 0.3) is 5.56 Å². The Bertz CT molecular complexity index is 2260. The summed E-state index contributed by atoms with van der Waals surface area (Å²) in [5.41, 5.74) is 5.88. The van der Waals surface area contributed by atoms with Crippen molar-refractivity contribution in [1.82, 2.24) is 9.66 Å². The molecule has 0 unspecified atom stereocenters. The molecule has 7 heteroatoms. The second-order valence-electron chi connectivity index (χ2n) is 12.5. The molecule has 0 amide bonds. The van der Waals surface area contributed by atoms with E-state index in [4.69, 9.17) is 24.3 Å². The molecule has 0 saturated heterocycles. The lowest BCUT2D eigenvalue weighted by molar-refractivity contribution is 0.268. The molecule has 1 heterocycles. The Labute approximate surface area is 293 Å². The minimum Gasteiger partial charge on any atom is -0.494 e. The van der Waals surface area contributed by atoms with E-state index >= 15 is 0 Å². The predicted octanol–water partition coefficient (Wildman–Crippen LogP) is 9.64. The van der Waals surface area contributed by atoms with Crippen LogP contribution in [0, 0.1) is 6.92 Å². The molecule has 0 bridgehead atoms. The van der Waals surface area contributed by atoms with Gasteiger partial charge >= 0.3 is 0 Å². The quantitative estimate of drug-likeness (QED) is 0.0907. The fraction of sp³-hybridized carbons (Fsp3) is 0.233. The smallest absolute Gasteiger partial charge is 0.282 e. The van der Waals surface area contributed by atoms with Crippen LogP contribution in [0.25, 0.3) is 33.1 Å². The highest BCUT2D eigenvalue weighted by atomic mass is 16.5. The summed E-state index contributed by atoms with van der Waals surface area (Å²) in [6, 6.07) is 29.9. The number of rotatable bonds is 13. The van der Waals surface area contributed by atoms with E-state index in [1.807, 2.05) is 81.4 Å². The normalized spacial score (nSPS) is 11.5. The molecular weight excluding hydrogens is 622 g/mol. The zero-order valence-electron chi connectivity index (χ0n) is 29.4. The molecule has 0 aliphatic carbocycles. The van der Waals surface area contributed by atoms with Crippen molar-refractivity contribution in [2.24, 2.45) is 5.10 Å². The monoisotopic (exact) mass is 665 g/mol. The van der Waals surface area contributed by atoms with Gasteiger partial charge in [0.05, 0.1) is 30.3 Å². The summed E-state index contributed by atoms with van der Waals surface area (Å²) in [6.45, 7) is 15.6. The Balaban J connectivity index is 1.45. The third-order valence-corrected chi connectivity index (χ3v) is 8.67. The van der Waals surface area contributed by atoms with Crippen molar-refractivity contribution in [3.05, 3.63) is 142 Å². The molecule has 6 rings (SSSR count). The van der Waals surface area contributed by atoms with Gasteiger partial charge in [-0.25, -0.2) is 4.98 Å². The van der Waals surface area contributed by atoms with E-state index in [9.17, 15) is 4.79 Å². The first-order valence-corrected chi connectivity index (χ1v) is 17.2. The molecule has 0 saturated carbocycles. The molecule has 0 spiro atoms. The van der Waals surface area contributed by atoms with E-state index in [0.29, 0.717) is 54.5 Å². The highest BCUT2D eigenvalue weighted by Crippen LogP contribution is 2.36. The van der Waals surface area contributed by atoms with Crippen LogP contribution in [0.4, 0.5) is 0 Å². The summed E-state index contributed by atoms with van der Waals surface area (Å²) in [6.07, 6.45) is 4.07. The first-order chi connectivity index (χ1) is 24.3. The number of hydrogen-bond donors (Lipinski definition) is 0. The van der Waals surface area contributed by atoms with Crippen molar-refractivity contribution in [2.75, 3.05) is 13.2 Å². The van der Waals surface area contributed by atoms with Gasteiger partial charge in [-0.1, -0.05) is 74.5 Å². The zero-order valence-corrected chi connectivity index (χ0v) is 29.4. The molecule has 0 aliphatic rings. The second-order valence-corrected chi connectivity index (χ2v) is 12.5. The average Bonchev–Trinajstić information content (AvgIpc) is 3.11. The summed E-state index contributed by atoms with van der Waals surface area (Å²) >= 11 is 0. The SMILES string of the molecule is C=CCc1cc(C=Nn2c(-c3cc(C(C)C)c(OCC)cc3C)nc3ccccc3c2=O)cc(OCC)c1OCc1cccc2ccccc12. The largest absolute Gasteiger partial charge is 0.494 e. The Morgan fingerprint density at radius 3 is 2.32 bits per heavy atom. The van der Waals surface area contributed by atoms with Gasteiger partial charge in [-0.05, 0) is 103 Å². The van der Waals surface area contributed by atoms with Gasteiger partial charge in [0, 0.05) is 11.1 Å². The van der Waals surface area contributed by atoms with Crippen LogP contribution < -0.4 is 19.8 Å². The number of nitrogens with zero attached hydrogens (tertiary/aromatic N) is 3. The second kappa shape index (κ2) is 15.2. The van der Waals surface area contributed by atoms with Crippen molar-refractivity contribution < 1.29 is 14.2 Å². The molecule has 6 aromatic rings. The molecule has 50 heavy (non-hydrogen) atoms. The van der Waals surface area contributed by atoms with Gasteiger partial charge in [0.2, 0.25) is 0 Å². The number of fused-ring (bicyclic) bond motifs is 2. The fourth-order valence-corrected chi connectivity index (χ4v) is 6.26. The van der Waals surface area contributed by atoms with E-state index in [1.54, 1.807) is 12.3 Å². The van der Waals surface area contributed by atoms with Crippen LogP contribution in [0.3, 0.4) is 0 Å². The van der Waals surface area contributed by atoms with Crippen LogP contribution in [-0.2, 0) is 13.0 Å². The van der Waals surface area contributed by atoms with Gasteiger partial charge in [0.15, 0.2) is 17.3 Å². The minimum absolute atomic E-state index is 0.196. The molecular formula is C43H43N3O4. The number of allylic oxidation sites excluding steroid dienone is 1. The summed E-state index contributed by atoms with van der Waals surface area (Å²) in [5, 5.41) is 7.60. The Morgan fingerprint density at radius 1 is 0.840 bits per heavy atom. The van der Waals surface area contributed by atoms with Crippen molar-refractivity contribution in [2.45, 2.75) is 53.6 Å². The number of aromatic nitrogens is 2. The van der Waals surface area contributed by atoms with E-state index in [1.165, 1.54) is 4.68 Å². The fourth-order valence-electron chi connectivity index (χ4n) is 6.26. The van der Waals surface area contributed by atoms with Crippen LogP contribution in [0.15, 0.2) is 114 Å². The van der Waals surface area contributed by atoms with E-state index in [2.05, 4.69) is 50.8 Å².